The van der Waals surface area contributed by atoms with Crippen molar-refractivity contribution in [3.63, 3.8) is 0 Å². The monoisotopic (exact) mass is 325 g/mol. The van der Waals surface area contributed by atoms with E-state index in [1.165, 1.54) is 33.2 Å². The number of carbonyl (C=O) groups is 1. The molecule has 0 fully saturated rings. The second-order valence-electron chi connectivity index (χ2n) is 5.01. The van der Waals surface area contributed by atoms with Crippen molar-refractivity contribution >= 4 is 22.9 Å². The molecule has 0 aliphatic rings. The van der Waals surface area contributed by atoms with Gasteiger partial charge in [-0.15, -0.1) is 11.3 Å². The van der Waals surface area contributed by atoms with Gasteiger partial charge in [-0.25, -0.2) is 4.98 Å². The molecule has 0 N–H and O–H groups in total. The fraction of sp³-hybridized carbons (Fsp3) is 0.118. The molecule has 2 aromatic heterocycles. The molecule has 0 atom stereocenters. The predicted molar refractivity (Wildman–Crippen MR) is 91.7 cm³/mol. The van der Waals surface area contributed by atoms with Crippen LogP contribution in [0, 0.1) is 0 Å². The first-order valence-electron chi connectivity index (χ1n) is 7.07. The van der Waals surface area contributed by atoms with Crippen molar-refractivity contribution in [2.75, 3.05) is 11.9 Å². The average molecular weight is 325 g/mol. The molecule has 0 aliphatic heterocycles. The number of anilines is 1. The van der Waals surface area contributed by atoms with Crippen molar-refractivity contribution in [3.05, 3.63) is 70.6 Å². The Bertz CT molecular complexity index is 857. The van der Waals surface area contributed by atoms with Gasteiger partial charge in [-0.2, -0.15) is 0 Å². The second-order valence-corrected chi connectivity index (χ2v) is 5.95. The molecule has 5 nitrogen and oxygen atoms in total. The standard InChI is InChI=1S/C17H15N3O2S/c1-19(13-6-3-2-4-7-13)17(22)11-20-12-18-14(10-16(20)21)15-8-5-9-23-15/h2-10,12H,11H2,1H3. The Morgan fingerprint density at radius 1 is 1.22 bits per heavy atom. The Labute approximate surface area is 137 Å². The van der Waals surface area contributed by atoms with E-state index in [-0.39, 0.29) is 18.0 Å². The Morgan fingerprint density at radius 3 is 2.65 bits per heavy atom. The number of hydrogen-bond donors (Lipinski definition) is 0. The summed E-state index contributed by atoms with van der Waals surface area (Å²) < 4.78 is 1.32. The molecule has 0 saturated heterocycles. The van der Waals surface area contributed by atoms with Crippen molar-refractivity contribution in [2.45, 2.75) is 6.54 Å². The first-order chi connectivity index (χ1) is 11.1. The van der Waals surface area contributed by atoms with E-state index in [2.05, 4.69) is 4.98 Å². The molecule has 23 heavy (non-hydrogen) atoms. The maximum absolute atomic E-state index is 12.3. The molecule has 1 amide bonds. The summed E-state index contributed by atoms with van der Waals surface area (Å²) in [4.78, 5) is 31.2. The van der Waals surface area contributed by atoms with Crippen molar-refractivity contribution in [1.29, 1.82) is 0 Å². The lowest BCUT2D eigenvalue weighted by atomic mass is 10.3. The van der Waals surface area contributed by atoms with Crippen molar-refractivity contribution in [1.82, 2.24) is 9.55 Å². The Kier molecular flexibility index (Phi) is 4.34. The van der Waals surface area contributed by atoms with E-state index < -0.39 is 0 Å². The molecule has 1 aromatic carbocycles. The molecular formula is C17H15N3O2S. The zero-order valence-corrected chi connectivity index (χ0v) is 13.4. The SMILES string of the molecule is CN(C(=O)Cn1cnc(-c2cccs2)cc1=O)c1ccccc1. The highest BCUT2D eigenvalue weighted by Gasteiger charge is 2.13. The first-order valence-corrected chi connectivity index (χ1v) is 7.95. The van der Waals surface area contributed by atoms with Gasteiger partial charge >= 0.3 is 0 Å². The van der Waals surface area contributed by atoms with Crippen LogP contribution >= 0.6 is 11.3 Å². The van der Waals surface area contributed by atoms with Gasteiger partial charge in [0.15, 0.2) is 0 Å². The minimum atomic E-state index is -0.238. The van der Waals surface area contributed by atoms with Crippen molar-refractivity contribution in [3.8, 4) is 10.6 Å². The Morgan fingerprint density at radius 2 is 2.00 bits per heavy atom. The number of aromatic nitrogens is 2. The molecular weight excluding hydrogens is 310 g/mol. The topological polar surface area (TPSA) is 55.2 Å². The average Bonchev–Trinajstić information content (AvgIpc) is 3.11. The van der Waals surface area contributed by atoms with Crippen LogP contribution in [-0.2, 0) is 11.3 Å². The van der Waals surface area contributed by atoms with E-state index in [1.54, 1.807) is 7.05 Å². The highest BCUT2D eigenvalue weighted by Crippen LogP contribution is 2.20. The number of nitrogens with zero attached hydrogens (tertiary/aromatic N) is 3. The normalized spacial score (nSPS) is 10.5. The van der Waals surface area contributed by atoms with Gasteiger partial charge < -0.3 is 4.90 Å². The molecule has 0 aliphatic carbocycles. The van der Waals surface area contributed by atoms with Crippen LogP contribution in [0.2, 0.25) is 0 Å². The van der Waals surface area contributed by atoms with Crippen LogP contribution in [0.3, 0.4) is 0 Å². The van der Waals surface area contributed by atoms with E-state index in [1.807, 2.05) is 47.8 Å². The number of rotatable bonds is 4. The van der Waals surface area contributed by atoms with Gasteiger partial charge in [0.2, 0.25) is 5.91 Å². The maximum atomic E-state index is 12.3. The highest BCUT2D eigenvalue weighted by atomic mass is 32.1. The lowest BCUT2D eigenvalue weighted by Gasteiger charge is -2.17. The summed E-state index contributed by atoms with van der Waals surface area (Å²) in [6.45, 7) is -0.0397. The molecule has 0 saturated carbocycles. The van der Waals surface area contributed by atoms with E-state index in [4.69, 9.17) is 0 Å². The van der Waals surface area contributed by atoms with E-state index in [0.29, 0.717) is 5.69 Å². The summed E-state index contributed by atoms with van der Waals surface area (Å²) in [6, 6.07) is 14.6. The summed E-state index contributed by atoms with van der Waals surface area (Å²) >= 11 is 1.52. The van der Waals surface area contributed by atoms with E-state index >= 15 is 0 Å². The van der Waals surface area contributed by atoms with Gasteiger partial charge in [0.05, 0.1) is 16.9 Å². The number of amides is 1. The minimum Gasteiger partial charge on any atom is -0.314 e. The second kappa shape index (κ2) is 6.58. The zero-order chi connectivity index (χ0) is 16.2. The lowest BCUT2D eigenvalue weighted by Crippen LogP contribution is -2.33. The van der Waals surface area contributed by atoms with Gasteiger partial charge in [0.1, 0.15) is 6.54 Å². The van der Waals surface area contributed by atoms with E-state index in [0.717, 1.165) is 10.6 Å². The van der Waals surface area contributed by atoms with Crippen LogP contribution in [-0.4, -0.2) is 22.5 Å². The predicted octanol–water partition coefficient (Wildman–Crippen LogP) is 2.63. The molecule has 0 unspecified atom stereocenters. The van der Waals surface area contributed by atoms with Crippen LogP contribution in [0.25, 0.3) is 10.6 Å². The number of carbonyl (C=O) groups excluding carboxylic acids is 1. The number of likely N-dealkylation sites (N-methyl/N-ethyl adjacent to an activating group) is 1. The zero-order valence-electron chi connectivity index (χ0n) is 12.5. The smallest absolute Gasteiger partial charge is 0.254 e. The quantitative estimate of drug-likeness (QED) is 0.741. The Balaban J connectivity index is 1.78. The third-order valence-corrected chi connectivity index (χ3v) is 4.37. The van der Waals surface area contributed by atoms with Gasteiger partial charge in [-0.1, -0.05) is 24.3 Å². The number of benzene rings is 1. The van der Waals surface area contributed by atoms with Crippen LogP contribution in [0.5, 0.6) is 0 Å². The largest absolute Gasteiger partial charge is 0.314 e. The molecule has 116 valence electrons. The molecule has 6 heteroatoms. The molecule has 2 heterocycles. The summed E-state index contributed by atoms with van der Waals surface area (Å²) in [5.41, 5.74) is 1.18. The van der Waals surface area contributed by atoms with Crippen molar-refractivity contribution < 1.29 is 4.79 Å². The van der Waals surface area contributed by atoms with Crippen LogP contribution < -0.4 is 10.5 Å². The fourth-order valence-electron chi connectivity index (χ4n) is 2.15. The molecule has 0 bridgehead atoms. The minimum absolute atomic E-state index is 0.0397. The van der Waals surface area contributed by atoms with Crippen LogP contribution in [0.1, 0.15) is 0 Å². The number of hydrogen-bond acceptors (Lipinski definition) is 4. The summed E-state index contributed by atoms with van der Waals surface area (Å²) in [5.74, 6) is -0.177. The fourth-order valence-corrected chi connectivity index (χ4v) is 2.84. The molecule has 3 rings (SSSR count). The lowest BCUT2D eigenvalue weighted by molar-refractivity contribution is -0.118. The number of thiophene rings is 1. The molecule has 0 spiro atoms. The van der Waals surface area contributed by atoms with Crippen molar-refractivity contribution in [2.24, 2.45) is 0 Å². The molecule has 0 radical (unpaired) electrons. The first kappa shape index (κ1) is 15.2. The third-order valence-electron chi connectivity index (χ3n) is 3.48. The highest BCUT2D eigenvalue weighted by molar-refractivity contribution is 7.13. The Hall–Kier alpha value is -2.73. The van der Waals surface area contributed by atoms with Gasteiger partial charge in [-0.3, -0.25) is 14.2 Å². The summed E-state index contributed by atoms with van der Waals surface area (Å²) in [5, 5.41) is 1.93. The number of para-hydroxylation sites is 1. The van der Waals surface area contributed by atoms with Gasteiger partial charge in [0.25, 0.3) is 5.56 Å². The van der Waals surface area contributed by atoms with Gasteiger partial charge in [0, 0.05) is 18.8 Å². The van der Waals surface area contributed by atoms with Crippen LogP contribution in [0.4, 0.5) is 5.69 Å². The van der Waals surface area contributed by atoms with Crippen LogP contribution in [0.15, 0.2) is 65.0 Å². The third kappa shape index (κ3) is 3.37. The summed E-state index contributed by atoms with van der Waals surface area (Å²) in [6.07, 6.45) is 1.42. The maximum Gasteiger partial charge on any atom is 0.254 e. The molecule has 3 aromatic rings. The van der Waals surface area contributed by atoms with Gasteiger partial charge in [-0.05, 0) is 23.6 Å². The van der Waals surface area contributed by atoms with E-state index in [9.17, 15) is 9.59 Å². The summed E-state index contributed by atoms with van der Waals surface area (Å²) in [7, 11) is 1.69.